The molecule has 0 saturated heterocycles. The Bertz CT molecular complexity index is 350. The highest BCUT2D eigenvalue weighted by Crippen LogP contribution is 2.30. The van der Waals surface area contributed by atoms with Crippen molar-refractivity contribution in [3.05, 3.63) is 34.1 Å². The maximum atomic E-state index is 13.1. The molecule has 0 saturated carbocycles. The zero-order valence-electron chi connectivity index (χ0n) is 10.8. The molecule has 1 aromatic rings. The van der Waals surface area contributed by atoms with Gasteiger partial charge >= 0.3 is 0 Å². The zero-order chi connectivity index (χ0) is 12.8. The molecule has 1 atom stereocenters. The predicted molar refractivity (Wildman–Crippen MR) is 74.6 cm³/mol. The summed E-state index contributed by atoms with van der Waals surface area (Å²) < 4.78 is 13.9. The maximum absolute atomic E-state index is 13.1. The summed E-state index contributed by atoms with van der Waals surface area (Å²) in [5.74, 6) is 0.516. The van der Waals surface area contributed by atoms with E-state index in [0.29, 0.717) is 5.92 Å². The maximum Gasteiger partial charge on any atom is 0.124 e. The molecule has 0 fully saturated rings. The van der Waals surface area contributed by atoms with E-state index in [-0.39, 0.29) is 11.9 Å². The standard InChI is InChI=1S/C14H21BrFN/c1-4-10(5-2)8-14(17-3)12-7-6-11(16)9-13(12)15/h6-7,9-10,14,17H,4-5,8H2,1-3H3. The smallest absolute Gasteiger partial charge is 0.124 e. The first kappa shape index (κ1) is 14.7. The third-order valence-electron chi connectivity index (χ3n) is 3.41. The Kier molecular flexibility index (Phi) is 6.14. The second kappa shape index (κ2) is 7.12. The van der Waals surface area contributed by atoms with Gasteiger partial charge in [0, 0.05) is 10.5 Å². The Morgan fingerprint density at radius 1 is 1.29 bits per heavy atom. The molecular formula is C14H21BrFN. The molecule has 1 N–H and O–H groups in total. The lowest BCUT2D eigenvalue weighted by Gasteiger charge is -2.23. The minimum absolute atomic E-state index is 0.196. The summed E-state index contributed by atoms with van der Waals surface area (Å²) in [5.41, 5.74) is 1.14. The Labute approximate surface area is 112 Å². The highest BCUT2D eigenvalue weighted by molar-refractivity contribution is 9.10. The molecule has 1 rings (SSSR count). The number of nitrogens with one attached hydrogen (secondary N) is 1. The van der Waals surface area contributed by atoms with E-state index in [1.165, 1.54) is 25.0 Å². The van der Waals surface area contributed by atoms with Crippen LogP contribution in [0.4, 0.5) is 4.39 Å². The van der Waals surface area contributed by atoms with Crippen molar-refractivity contribution in [1.29, 1.82) is 0 Å². The van der Waals surface area contributed by atoms with Gasteiger partial charge in [-0.2, -0.15) is 0 Å². The van der Waals surface area contributed by atoms with E-state index in [1.807, 2.05) is 13.1 Å². The van der Waals surface area contributed by atoms with Crippen LogP contribution < -0.4 is 5.32 Å². The topological polar surface area (TPSA) is 12.0 Å². The van der Waals surface area contributed by atoms with Crippen LogP contribution in [-0.4, -0.2) is 7.05 Å². The highest BCUT2D eigenvalue weighted by Gasteiger charge is 2.17. The molecule has 0 spiro atoms. The van der Waals surface area contributed by atoms with E-state index >= 15 is 0 Å². The van der Waals surface area contributed by atoms with Gasteiger partial charge in [-0.15, -0.1) is 0 Å². The Hall–Kier alpha value is -0.410. The van der Waals surface area contributed by atoms with Crippen LogP contribution >= 0.6 is 15.9 Å². The second-order valence-electron chi connectivity index (χ2n) is 4.43. The first-order valence-electron chi connectivity index (χ1n) is 6.24. The Morgan fingerprint density at radius 2 is 1.94 bits per heavy atom. The molecule has 0 bridgehead atoms. The fourth-order valence-corrected chi connectivity index (χ4v) is 2.77. The SMILES string of the molecule is CCC(CC)CC(NC)c1ccc(F)cc1Br. The van der Waals surface area contributed by atoms with Crippen LogP contribution in [0.3, 0.4) is 0 Å². The van der Waals surface area contributed by atoms with E-state index in [1.54, 1.807) is 0 Å². The zero-order valence-corrected chi connectivity index (χ0v) is 12.3. The van der Waals surface area contributed by atoms with Gasteiger partial charge in [0.25, 0.3) is 0 Å². The molecule has 0 heterocycles. The van der Waals surface area contributed by atoms with Crippen molar-refractivity contribution in [2.75, 3.05) is 7.05 Å². The van der Waals surface area contributed by atoms with E-state index in [9.17, 15) is 4.39 Å². The molecule has 17 heavy (non-hydrogen) atoms. The molecule has 0 aromatic heterocycles. The quantitative estimate of drug-likeness (QED) is 0.805. The minimum Gasteiger partial charge on any atom is -0.313 e. The fourth-order valence-electron chi connectivity index (χ4n) is 2.14. The van der Waals surface area contributed by atoms with Gasteiger partial charge in [-0.3, -0.25) is 0 Å². The minimum atomic E-state index is -0.196. The molecule has 0 aliphatic carbocycles. The summed E-state index contributed by atoms with van der Waals surface area (Å²) in [4.78, 5) is 0. The van der Waals surface area contributed by atoms with Crippen molar-refractivity contribution in [2.24, 2.45) is 5.92 Å². The largest absolute Gasteiger partial charge is 0.313 e. The average molecular weight is 302 g/mol. The normalized spacial score (nSPS) is 13.1. The van der Waals surface area contributed by atoms with Gasteiger partial charge in [0.1, 0.15) is 5.82 Å². The van der Waals surface area contributed by atoms with Crippen LogP contribution in [0, 0.1) is 11.7 Å². The fraction of sp³-hybridized carbons (Fsp3) is 0.571. The lowest BCUT2D eigenvalue weighted by molar-refractivity contribution is 0.384. The molecule has 0 amide bonds. The summed E-state index contributed by atoms with van der Waals surface area (Å²) in [6, 6.07) is 5.21. The summed E-state index contributed by atoms with van der Waals surface area (Å²) in [5, 5.41) is 3.33. The van der Waals surface area contributed by atoms with Crippen molar-refractivity contribution < 1.29 is 4.39 Å². The summed E-state index contributed by atoms with van der Waals surface area (Å²) in [7, 11) is 1.96. The molecule has 1 aromatic carbocycles. The van der Waals surface area contributed by atoms with Gasteiger partial charge in [0.15, 0.2) is 0 Å². The number of hydrogen-bond acceptors (Lipinski definition) is 1. The molecule has 0 aliphatic heterocycles. The monoisotopic (exact) mass is 301 g/mol. The first-order chi connectivity index (χ1) is 8.12. The van der Waals surface area contributed by atoms with Crippen LogP contribution in [0.15, 0.2) is 22.7 Å². The molecule has 0 radical (unpaired) electrons. The van der Waals surface area contributed by atoms with Gasteiger partial charge in [0.2, 0.25) is 0 Å². The molecule has 96 valence electrons. The van der Waals surface area contributed by atoms with Crippen molar-refractivity contribution in [3.8, 4) is 0 Å². The van der Waals surface area contributed by atoms with Gasteiger partial charge in [0.05, 0.1) is 0 Å². The number of benzene rings is 1. The Balaban J connectivity index is 2.85. The van der Waals surface area contributed by atoms with Gasteiger partial charge < -0.3 is 5.32 Å². The Morgan fingerprint density at radius 3 is 2.41 bits per heavy atom. The van der Waals surface area contributed by atoms with Crippen LogP contribution in [0.2, 0.25) is 0 Å². The van der Waals surface area contributed by atoms with Crippen molar-refractivity contribution in [2.45, 2.75) is 39.2 Å². The summed E-state index contributed by atoms with van der Waals surface area (Å²) >= 11 is 3.44. The second-order valence-corrected chi connectivity index (χ2v) is 5.28. The average Bonchev–Trinajstić information content (AvgIpc) is 2.32. The lowest BCUT2D eigenvalue weighted by atomic mass is 9.91. The van der Waals surface area contributed by atoms with Gasteiger partial charge in [-0.05, 0) is 37.1 Å². The van der Waals surface area contributed by atoms with Crippen LogP contribution in [0.25, 0.3) is 0 Å². The van der Waals surface area contributed by atoms with E-state index < -0.39 is 0 Å². The van der Waals surface area contributed by atoms with Crippen LogP contribution in [0.5, 0.6) is 0 Å². The van der Waals surface area contributed by atoms with Crippen molar-refractivity contribution in [1.82, 2.24) is 5.32 Å². The van der Waals surface area contributed by atoms with Crippen LogP contribution in [0.1, 0.15) is 44.7 Å². The summed E-state index contributed by atoms with van der Waals surface area (Å²) in [6.07, 6.45) is 3.47. The highest BCUT2D eigenvalue weighted by atomic mass is 79.9. The summed E-state index contributed by atoms with van der Waals surface area (Å²) in [6.45, 7) is 4.45. The molecular weight excluding hydrogens is 281 g/mol. The number of rotatable bonds is 6. The predicted octanol–water partition coefficient (Wildman–Crippen LogP) is 4.68. The van der Waals surface area contributed by atoms with Gasteiger partial charge in [-0.25, -0.2) is 4.39 Å². The molecule has 1 unspecified atom stereocenters. The van der Waals surface area contributed by atoms with E-state index in [4.69, 9.17) is 0 Å². The molecule has 0 aliphatic rings. The van der Waals surface area contributed by atoms with Crippen LogP contribution in [-0.2, 0) is 0 Å². The van der Waals surface area contributed by atoms with Crippen molar-refractivity contribution in [3.63, 3.8) is 0 Å². The number of hydrogen-bond donors (Lipinski definition) is 1. The van der Waals surface area contributed by atoms with E-state index in [0.717, 1.165) is 16.5 Å². The van der Waals surface area contributed by atoms with E-state index in [2.05, 4.69) is 35.1 Å². The molecule has 1 nitrogen and oxygen atoms in total. The third-order valence-corrected chi connectivity index (χ3v) is 4.10. The number of halogens is 2. The van der Waals surface area contributed by atoms with Crippen molar-refractivity contribution >= 4 is 15.9 Å². The lowest BCUT2D eigenvalue weighted by Crippen LogP contribution is -2.20. The first-order valence-corrected chi connectivity index (χ1v) is 7.03. The molecule has 3 heteroatoms. The van der Waals surface area contributed by atoms with Gasteiger partial charge in [-0.1, -0.05) is 48.7 Å². The third kappa shape index (κ3) is 4.07.